The van der Waals surface area contributed by atoms with E-state index in [1.54, 1.807) is 26.0 Å². The molecule has 6 heteroatoms. The lowest BCUT2D eigenvalue weighted by Gasteiger charge is -2.66. The van der Waals surface area contributed by atoms with Gasteiger partial charge in [0.15, 0.2) is 11.6 Å². The molecule has 2 aliphatic carbocycles. The molecule has 192 valence electrons. The molecule has 0 bridgehead atoms. The summed E-state index contributed by atoms with van der Waals surface area (Å²) < 4.78 is 12.3. The van der Waals surface area contributed by atoms with Crippen LogP contribution in [0.1, 0.15) is 80.1 Å². The van der Waals surface area contributed by atoms with Crippen LogP contribution in [0.2, 0.25) is 0 Å². The Bertz CT molecular complexity index is 1030. The molecule has 2 aliphatic heterocycles. The number of hydrogen-bond donors (Lipinski definition) is 1. The van der Waals surface area contributed by atoms with Crippen molar-refractivity contribution in [2.75, 3.05) is 13.2 Å². The number of ether oxygens (including phenoxy) is 2. The van der Waals surface area contributed by atoms with Crippen LogP contribution in [0.3, 0.4) is 0 Å². The molecule has 6 nitrogen and oxygen atoms in total. The second-order valence-corrected chi connectivity index (χ2v) is 11.4. The van der Waals surface area contributed by atoms with Crippen molar-refractivity contribution in [3.05, 3.63) is 34.4 Å². The summed E-state index contributed by atoms with van der Waals surface area (Å²) in [4.78, 5) is 40.4. The number of aliphatic hydroxyl groups is 1. The lowest BCUT2D eigenvalue weighted by molar-refractivity contribution is -0.282. The van der Waals surface area contributed by atoms with Gasteiger partial charge in [-0.2, -0.15) is 0 Å². The summed E-state index contributed by atoms with van der Waals surface area (Å²) in [6.45, 7) is 11.5. The lowest BCUT2D eigenvalue weighted by atomic mass is 9.44. The van der Waals surface area contributed by atoms with Gasteiger partial charge in [0.25, 0.3) is 0 Å². The highest BCUT2D eigenvalue weighted by atomic mass is 16.6. The molecule has 0 radical (unpaired) electrons. The molecule has 4 rings (SSSR count). The first-order valence-electron chi connectivity index (χ1n) is 13.0. The van der Waals surface area contributed by atoms with Crippen LogP contribution in [0, 0.1) is 23.2 Å². The molecule has 1 N–H and O–H groups in total. The van der Waals surface area contributed by atoms with E-state index >= 15 is 0 Å². The first-order chi connectivity index (χ1) is 16.5. The molecule has 0 aromatic rings. The zero-order valence-corrected chi connectivity index (χ0v) is 22.0. The predicted molar refractivity (Wildman–Crippen MR) is 132 cm³/mol. The van der Waals surface area contributed by atoms with Gasteiger partial charge in [-0.25, -0.2) is 0 Å². The van der Waals surface area contributed by atoms with Gasteiger partial charge in [0.2, 0.25) is 0 Å². The SMILES string of the molecule is C/C=C(\C)C(=O)[C@@H]1C2=C(CO)CCC[C@@H]2[C@@]2(C)CC[C@]3(COC(=O)C3)O[C@@]2(C)[C@H]1C(=O)/C(C)=C/C. The minimum absolute atomic E-state index is 0.0207. The van der Waals surface area contributed by atoms with Gasteiger partial charge in [0.1, 0.15) is 12.2 Å². The fourth-order valence-corrected chi connectivity index (χ4v) is 7.40. The van der Waals surface area contributed by atoms with E-state index in [1.807, 2.05) is 20.8 Å². The maximum Gasteiger partial charge on any atom is 0.308 e. The van der Waals surface area contributed by atoms with E-state index in [0.717, 1.165) is 36.8 Å². The number of fused-ring (bicyclic) bond motifs is 3. The number of rotatable bonds is 5. The summed E-state index contributed by atoms with van der Waals surface area (Å²) in [5, 5.41) is 10.4. The van der Waals surface area contributed by atoms with Crippen LogP contribution in [0.15, 0.2) is 34.4 Å². The van der Waals surface area contributed by atoms with Gasteiger partial charge in [0, 0.05) is 5.41 Å². The Hall–Kier alpha value is -2.05. The van der Waals surface area contributed by atoms with E-state index in [-0.39, 0.29) is 43.1 Å². The number of Topliss-reactive ketones (excluding diaryl/α,β-unsaturated/α-hetero) is 2. The molecular weight excluding hydrogens is 444 g/mol. The zero-order valence-electron chi connectivity index (χ0n) is 22.0. The van der Waals surface area contributed by atoms with Gasteiger partial charge in [-0.3, -0.25) is 14.4 Å². The van der Waals surface area contributed by atoms with Crippen LogP contribution in [0.25, 0.3) is 0 Å². The average molecular weight is 485 g/mol. The number of cyclic esters (lactones) is 1. The molecule has 0 aromatic carbocycles. The maximum atomic E-state index is 14.2. The molecule has 2 heterocycles. The van der Waals surface area contributed by atoms with Crippen molar-refractivity contribution >= 4 is 17.5 Å². The number of hydrogen-bond acceptors (Lipinski definition) is 6. The minimum Gasteiger partial charge on any atom is -0.463 e. The number of carbonyl (C=O) groups excluding carboxylic acids is 3. The van der Waals surface area contributed by atoms with E-state index in [1.165, 1.54) is 0 Å². The Labute approximate surface area is 208 Å². The van der Waals surface area contributed by atoms with Crippen molar-refractivity contribution in [1.29, 1.82) is 0 Å². The van der Waals surface area contributed by atoms with Gasteiger partial charge in [-0.15, -0.1) is 0 Å². The summed E-state index contributed by atoms with van der Waals surface area (Å²) in [6, 6.07) is 0. The zero-order chi connectivity index (χ0) is 25.8. The predicted octanol–water partition coefficient (Wildman–Crippen LogP) is 4.65. The Morgan fingerprint density at radius 2 is 1.74 bits per heavy atom. The molecule has 2 saturated heterocycles. The number of ketones is 2. The van der Waals surface area contributed by atoms with Gasteiger partial charge in [0.05, 0.1) is 30.5 Å². The van der Waals surface area contributed by atoms with Crippen molar-refractivity contribution in [2.45, 2.75) is 91.3 Å². The summed E-state index contributed by atoms with van der Waals surface area (Å²) in [5.74, 6) is -1.89. The van der Waals surface area contributed by atoms with Gasteiger partial charge < -0.3 is 14.6 Å². The molecule has 4 aliphatic rings. The van der Waals surface area contributed by atoms with E-state index in [2.05, 4.69) is 6.92 Å². The highest BCUT2D eigenvalue weighted by molar-refractivity contribution is 6.06. The lowest BCUT2D eigenvalue weighted by Crippen LogP contribution is -2.70. The van der Waals surface area contributed by atoms with Crippen molar-refractivity contribution in [3.8, 4) is 0 Å². The largest absolute Gasteiger partial charge is 0.463 e. The third-order valence-electron chi connectivity index (χ3n) is 9.81. The molecule has 0 amide bonds. The molecule has 3 fully saturated rings. The quantitative estimate of drug-likeness (QED) is 0.347. The van der Waals surface area contributed by atoms with Crippen LogP contribution in [0.4, 0.5) is 0 Å². The molecule has 1 saturated carbocycles. The van der Waals surface area contributed by atoms with Crippen LogP contribution in [-0.2, 0) is 23.9 Å². The van der Waals surface area contributed by atoms with Gasteiger partial charge >= 0.3 is 5.97 Å². The number of aliphatic hydroxyl groups excluding tert-OH is 1. The summed E-state index contributed by atoms with van der Waals surface area (Å²) in [5.41, 5.74) is 0.879. The van der Waals surface area contributed by atoms with E-state index in [0.29, 0.717) is 17.6 Å². The third-order valence-corrected chi connectivity index (χ3v) is 9.81. The van der Waals surface area contributed by atoms with E-state index < -0.39 is 28.5 Å². The molecule has 0 unspecified atom stereocenters. The smallest absolute Gasteiger partial charge is 0.308 e. The fraction of sp³-hybridized carbons (Fsp3) is 0.690. The maximum absolute atomic E-state index is 14.2. The van der Waals surface area contributed by atoms with Crippen LogP contribution >= 0.6 is 0 Å². The Kier molecular flexibility index (Phi) is 6.78. The molecular formula is C29H40O6. The topological polar surface area (TPSA) is 89.9 Å². The number of carbonyl (C=O) groups is 3. The van der Waals surface area contributed by atoms with Crippen LogP contribution in [-0.4, -0.2) is 47.1 Å². The first-order valence-corrected chi connectivity index (χ1v) is 13.0. The monoisotopic (exact) mass is 484 g/mol. The minimum atomic E-state index is -0.985. The standard InChI is InChI=1S/C29H40O6/c1-7-17(3)25(32)23-22-19(15-30)10-9-11-20(22)27(5)12-13-29(14-21(31)34-16-29)35-28(27,6)24(23)26(33)18(4)8-2/h7-8,20,23-24,30H,9-16H2,1-6H3/b17-7+,18-8+/t20-,23+,24+,27+,28-,29-/m0/s1. The second kappa shape index (κ2) is 9.11. The van der Waals surface area contributed by atoms with E-state index in [4.69, 9.17) is 9.47 Å². The Morgan fingerprint density at radius 1 is 1.09 bits per heavy atom. The fourth-order valence-electron chi connectivity index (χ4n) is 7.40. The van der Waals surface area contributed by atoms with Gasteiger partial charge in [-0.1, -0.05) is 24.6 Å². The number of esters is 1. The Morgan fingerprint density at radius 3 is 2.31 bits per heavy atom. The van der Waals surface area contributed by atoms with E-state index in [9.17, 15) is 19.5 Å². The van der Waals surface area contributed by atoms with Gasteiger partial charge in [-0.05, 0) is 89.4 Å². The average Bonchev–Trinajstić information content (AvgIpc) is 3.21. The highest BCUT2D eigenvalue weighted by Gasteiger charge is 2.70. The third kappa shape index (κ3) is 3.79. The molecule has 1 spiro atoms. The van der Waals surface area contributed by atoms with Crippen molar-refractivity contribution in [1.82, 2.24) is 0 Å². The first kappa shape index (κ1) is 26.0. The summed E-state index contributed by atoms with van der Waals surface area (Å²) in [6.07, 6.45) is 7.74. The molecule has 6 atom stereocenters. The van der Waals surface area contributed by atoms with Crippen molar-refractivity contribution in [3.63, 3.8) is 0 Å². The van der Waals surface area contributed by atoms with Crippen molar-refractivity contribution < 1.29 is 29.0 Å². The summed E-state index contributed by atoms with van der Waals surface area (Å²) >= 11 is 0. The molecule has 0 aromatic heterocycles. The highest BCUT2D eigenvalue weighted by Crippen LogP contribution is 2.66. The van der Waals surface area contributed by atoms with Crippen LogP contribution < -0.4 is 0 Å². The molecule has 35 heavy (non-hydrogen) atoms. The number of allylic oxidation sites excluding steroid dienone is 5. The second-order valence-electron chi connectivity index (χ2n) is 11.4. The normalized spacial score (nSPS) is 39.9. The van der Waals surface area contributed by atoms with Crippen molar-refractivity contribution in [2.24, 2.45) is 23.2 Å². The Balaban J connectivity index is 2.00. The van der Waals surface area contributed by atoms with Crippen LogP contribution in [0.5, 0.6) is 0 Å². The summed E-state index contributed by atoms with van der Waals surface area (Å²) in [7, 11) is 0.